The number of rotatable bonds is 6. The molecule has 106 valence electrons. The lowest BCUT2D eigenvalue weighted by atomic mass is 10.2. The molecule has 0 fully saturated rings. The average Bonchev–Trinajstić information content (AvgIpc) is 2.29. The van der Waals surface area contributed by atoms with E-state index in [1.165, 1.54) is 12.1 Å². The standard InChI is InChI=1S/C12H17FN2O2S2/c1-8(2)5-6-19(16,17)15-11-4-3-9(12(14)18)7-10(11)13/h3-4,7-8,15H,5-6H2,1-2H3,(H2,14,18). The van der Waals surface area contributed by atoms with Crippen molar-refractivity contribution < 1.29 is 12.8 Å². The molecule has 4 nitrogen and oxygen atoms in total. The first-order chi connectivity index (χ1) is 8.71. The van der Waals surface area contributed by atoms with Crippen LogP contribution in [0.15, 0.2) is 18.2 Å². The molecule has 3 N–H and O–H groups in total. The van der Waals surface area contributed by atoms with E-state index in [2.05, 4.69) is 4.72 Å². The molecule has 0 saturated carbocycles. The van der Waals surface area contributed by atoms with E-state index in [9.17, 15) is 12.8 Å². The number of nitrogens with two attached hydrogens (primary N) is 1. The number of anilines is 1. The van der Waals surface area contributed by atoms with Gasteiger partial charge in [-0.1, -0.05) is 26.1 Å². The number of hydrogen-bond acceptors (Lipinski definition) is 3. The van der Waals surface area contributed by atoms with E-state index in [4.69, 9.17) is 18.0 Å². The highest BCUT2D eigenvalue weighted by atomic mass is 32.2. The Morgan fingerprint density at radius 2 is 2.11 bits per heavy atom. The Kier molecular flexibility index (Phi) is 5.25. The number of halogens is 1. The highest BCUT2D eigenvalue weighted by molar-refractivity contribution is 7.92. The van der Waals surface area contributed by atoms with Crippen molar-refractivity contribution in [3.8, 4) is 0 Å². The maximum Gasteiger partial charge on any atom is 0.232 e. The van der Waals surface area contributed by atoms with E-state index in [1.807, 2.05) is 13.8 Å². The topological polar surface area (TPSA) is 72.2 Å². The second kappa shape index (κ2) is 6.29. The van der Waals surface area contributed by atoms with Crippen molar-refractivity contribution in [2.45, 2.75) is 20.3 Å². The minimum absolute atomic E-state index is 0.0405. The molecule has 0 unspecified atom stereocenters. The third-order valence-corrected chi connectivity index (χ3v) is 4.02. The lowest BCUT2D eigenvalue weighted by Gasteiger charge is -2.10. The Balaban J connectivity index is 2.85. The fourth-order valence-electron chi connectivity index (χ4n) is 1.36. The zero-order valence-corrected chi connectivity index (χ0v) is 12.4. The summed E-state index contributed by atoms with van der Waals surface area (Å²) >= 11 is 4.72. The first-order valence-electron chi connectivity index (χ1n) is 5.81. The first kappa shape index (κ1) is 15.8. The van der Waals surface area contributed by atoms with Crippen LogP contribution in [0.5, 0.6) is 0 Å². The van der Waals surface area contributed by atoms with E-state index in [0.29, 0.717) is 12.0 Å². The van der Waals surface area contributed by atoms with Crippen molar-refractivity contribution in [3.63, 3.8) is 0 Å². The lowest BCUT2D eigenvalue weighted by Crippen LogP contribution is -2.19. The summed E-state index contributed by atoms with van der Waals surface area (Å²) < 4.78 is 39.4. The molecular formula is C12H17FN2O2S2. The molecule has 0 heterocycles. The smallest absolute Gasteiger partial charge is 0.232 e. The molecule has 0 atom stereocenters. The quantitative estimate of drug-likeness (QED) is 0.791. The Labute approximate surface area is 118 Å². The largest absolute Gasteiger partial charge is 0.389 e. The zero-order valence-electron chi connectivity index (χ0n) is 10.8. The van der Waals surface area contributed by atoms with Gasteiger partial charge in [0.25, 0.3) is 0 Å². The fraction of sp³-hybridized carbons (Fsp3) is 0.417. The van der Waals surface area contributed by atoms with Gasteiger partial charge in [0.1, 0.15) is 10.8 Å². The Bertz CT molecular complexity index is 571. The highest BCUT2D eigenvalue weighted by Gasteiger charge is 2.14. The van der Waals surface area contributed by atoms with Crippen LogP contribution in [-0.4, -0.2) is 19.2 Å². The Morgan fingerprint density at radius 3 is 2.58 bits per heavy atom. The number of thiocarbonyl (C=S) groups is 1. The number of nitrogens with one attached hydrogen (secondary N) is 1. The summed E-state index contributed by atoms with van der Waals surface area (Å²) in [4.78, 5) is 0.0631. The SMILES string of the molecule is CC(C)CCS(=O)(=O)Nc1ccc(C(N)=S)cc1F. The molecule has 0 aliphatic rings. The van der Waals surface area contributed by atoms with E-state index < -0.39 is 15.8 Å². The van der Waals surface area contributed by atoms with Crippen molar-refractivity contribution in [2.24, 2.45) is 11.7 Å². The fourth-order valence-corrected chi connectivity index (χ4v) is 2.87. The van der Waals surface area contributed by atoms with Gasteiger partial charge < -0.3 is 5.73 Å². The summed E-state index contributed by atoms with van der Waals surface area (Å²) in [7, 11) is -3.54. The molecule has 0 radical (unpaired) electrons. The second-order valence-corrected chi connectivity index (χ2v) is 6.94. The van der Waals surface area contributed by atoms with E-state index in [0.717, 1.165) is 6.07 Å². The van der Waals surface area contributed by atoms with E-state index >= 15 is 0 Å². The molecule has 0 aliphatic carbocycles. The van der Waals surface area contributed by atoms with Gasteiger partial charge in [-0.05, 0) is 30.5 Å². The van der Waals surface area contributed by atoms with Crippen molar-refractivity contribution in [1.29, 1.82) is 0 Å². The van der Waals surface area contributed by atoms with Crippen molar-refractivity contribution in [1.82, 2.24) is 0 Å². The summed E-state index contributed by atoms with van der Waals surface area (Å²) in [5, 5.41) is 0. The van der Waals surface area contributed by atoms with Gasteiger partial charge in [-0.3, -0.25) is 4.72 Å². The predicted octanol–water partition coefficient (Wildman–Crippen LogP) is 2.25. The molecule has 0 amide bonds. The van der Waals surface area contributed by atoms with Crippen LogP contribution in [0.2, 0.25) is 0 Å². The van der Waals surface area contributed by atoms with Crippen LogP contribution < -0.4 is 10.5 Å². The normalized spacial score (nSPS) is 11.6. The van der Waals surface area contributed by atoms with Crippen LogP contribution in [0.4, 0.5) is 10.1 Å². The summed E-state index contributed by atoms with van der Waals surface area (Å²) in [5.41, 5.74) is 5.63. The Hall–Kier alpha value is -1.21. The molecule has 0 aromatic heterocycles. The summed E-state index contributed by atoms with van der Waals surface area (Å²) in [6.45, 7) is 3.85. The molecule has 19 heavy (non-hydrogen) atoms. The molecule has 1 rings (SSSR count). The third-order valence-electron chi connectivity index (χ3n) is 2.48. The molecule has 0 aliphatic heterocycles. The maximum absolute atomic E-state index is 13.7. The van der Waals surface area contributed by atoms with E-state index in [-0.39, 0.29) is 22.3 Å². The van der Waals surface area contributed by atoms with Gasteiger partial charge in [0.15, 0.2) is 0 Å². The van der Waals surface area contributed by atoms with Gasteiger partial charge in [0.2, 0.25) is 10.0 Å². The monoisotopic (exact) mass is 304 g/mol. The second-order valence-electron chi connectivity index (χ2n) is 4.66. The zero-order chi connectivity index (χ0) is 14.6. The summed E-state index contributed by atoms with van der Waals surface area (Å²) in [6, 6.07) is 3.91. The predicted molar refractivity (Wildman–Crippen MR) is 79.2 cm³/mol. The molecule has 0 bridgehead atoms. The van der Waals surface area contributed by atoms with Crippen LogP contribution in [0.1, 0.15) is 25.8 Å². The lowest BCUT2D eigenvalue weighted by molar-refractivity contribution is 0.576. The van der Waals surface area contributed by atoms with Gasteiger partial charge in [-0.25, -0.2) is 12.8 Å². The number of sulfonamides is 1. The summed E-state index contributed by atoms with van der Waals surface area (Å²) in [5.74, 6) is -0.474. The Morgan fingerprint density at radius 1 is 1.47 bits per heavy atom. The van der Waals surface area contributed by atoms with Crippen molar-refractivity contribution in [2.75, 3.05) is 10.5 Å². The molecule has 0 spiro atoms. The van der Waals surface area contributed by atoms with Crippen molar-refractivity contribution >= 4 is 32.9 Å². The molecule has 0 saturated heterocycles. The third kappa shape index (κ3) is 5.12. The van der Waals surface area contributed by atoms with Gasteiger partial charge in [0, 0.05) is 5.56 Å². The molecule has 7 heteroatoms. The minimum atomic E-state index is -3.54. The van der Waals surface area contributed by atoms with Crippen LogP contribution in [0, 0.1) is 11.7 Å². The highest BCUT2D eigenvalue weighted by Crippen LogP contribution is 2.18. The maximum atomic E-state index is 13.7. The molecule has 1 aromatic rings. The number of benzene rings is 1. The van der Waals surface area contributed by atoms with Crippen molar-refractivity contribution in [3.05, 3.63) is 29.6 Å². The van der Waals surface area contributed by atoms with E-state index in [1.54, 1.807) is 0 Å². The van der Waals surface area contributed by atoms with Crippen LogP contribution >= 0.6 is 12.2 Å². The average molecular weight is 304 g/mol. The van der Waals surface area contributed by atoms with Crippen LogP contribution in [-0.2, 0) is 10.0 Å². The molecule has 1 aromatic carbocycles. The number of hydrogen-bond donors (Lipinski definition) is 2. The van der Waals surface area contributed by atoms with Gasteiger partial charge >= 0.3 is 0 Å². The first-order valence-corrected chi connectivity index (χ1v) is 7.87. The summed E-state index contributed by atoms with van der Waals surface area (Å²) in [6.07, 6.45) is 0.516. The molecular weight excluding hydrogens is 287 g/mol. The minimum Gasteiger partial charge on any atom is -0.389 e. The van der Waals surface area contributed by atoms with Crippen LogP contribution in [0.25, 0.3) is 0 Å². The van der Waals surface area contributed by atoms with Crippen LogP contribution in [0.3, 0.4) is 0 Å². The van der Waals surface area contributed by atoms with Gasteiger partial charge in [-0.15, -0.1) is 0 Å². The van der Waals surface area contributed by atoms with Gasteiger partial charge in [0.05, 0.1) is 11.4 Å². The van der Waals surface area contributed by atoms with Gasteiger partial charge in [-0.2, -0.15) is 0 Å².